The summed E-state index contributed by atoms with van der Waals surface area (Å²) in [5.41, 5.74) is 0. The van der Waals surface area contributed by atoms with Gasteiger partial charge in [0.1, 0.15) is 6.10 Å². The first-order chi connectivity index (χ1) is 14.1. The summed E-state index contributed by atoms with van der Waals surface area (Å²) >= 11 is 0. The number of hydrogen-bond acceptors (Lipinski definition) is 4. The highest BCUT2D eigenvalue weighted by molar-refractivity contribution is 5.71. The maximum absolute atomic E-state index is 12.0. The van der Waals surface area contributed by atoms with E-state index in [1.165, 1.54) is 57.8 Å². The zero-order valence-electron chi connectivity index (χ0n) is 18.8. The third kappa shape index (κ3) is 21.4. The number of rotatable bonds is 22. The Kier molecular flexibility index (Phi) is 20.8. The fourth-order valence-corrected chi connectivity index (χ4v) is 3.59. The Labute approximate surface area is 178 Å². The number of aliphatic hydroxyl groups is 1. The molecule has 5 heteroatoms. The van der Waals surface area contributed by atoms with Crippen LogP contribution in [0.1, 0.15) is 129 Å². The molecule has 0 aromatic heterocycles. The highest BCUT2D eigenvalue weighted by atomic mass is 16.5. The van der Waals surface area contributed by atoms with Crippen LogP contribution >= 0.6 is 0 Å². The number of carboxylic acids is 1. The van der Waals surface area contributed by atoms with Gasteiger partial charge in [-0.3, -0.25) is 9.59 Å². The monoisotopic (exact) mass is 414 g/mol. The zero-order valence-corrected chi connectivity index (χ0v) is 18.8. The van der Waals surface area contributed by atoms with E-state index in [4.69, 9.17) is 14.9 Å². The molecule has 29 heavy (non-hydrogen) atoms. The number of aliphatic hydroxyl groups excluding tert-OH is 1. The van der Waals surface area contributed by atoms with Crippen LogP contribution in [0.5, 0.6) is 0 Å². The first-order valence-corrected chi connectivity index (χ1v) is 12.1. The van der Waals surface area contributed by atoms with E-state index in [2.05, 4.69) is 6.92 Å². The van der Waals surface area contributed by atoms with Crippen LogP contribution in [0.3, 0.4) is 0 Å². The molecular formula is C24H46O5. The summed E-state index contributed by atoms with van der Waals surface area (Å²) in [5.74, 6) is -1.15. The highest BCUT2D eigenvalue weighted by Crippen LogP contribution is 2.15. The predicted molar refractivity (Wildman–Crippen MR) is 118 cm³/mol. The van der Waals surface area contributed by atoms with Crippen LogP contribution < -0.4 is 0 Å². The summed E-state index contributed by atoms with van der Waals surface area (Å²) < 4.78 is 5.45. The minimum atomic E-state index is -0.898. The number of carbonyl (C=O) groups excluding carboxylic acids is 1. The van der Waals surface area contributed by atoms with E-state index in [1.807, 2.05) is 0 Å². The molecule has 0 saturated heterocycles. The average molecular weight is 415 g/mol. The topological polar surface area (TPSA) is 83.8 Å². The van der Waals surface area contributed by atoms with Crippen LogP contribution in [0.25, 0.3) is 0 Å². The first kappa shape index (κ1) is 27.9. The summed E-state index contributed by atoms with van der Waals surface area (Å²) in [4.78, 5) is 23.1. The fraction of sp³-hybridized carbons (Fsp3) is 0.917. The van der Waals surface area contributed by atoms with Gasteiger partial charge in [0, 0.05) is 13.0 Å². The van der Waals surface area contributed by atoms with Gasteiger partial charge in [0.15, 0.2) is 0 Å². The zero-order chi connectivity index (χ0) is 21.6. The van der Waals surface area contributed by atoms with E-state index in [1.54, 1.807) is 0 Å². The van der Waals surface area contributed by atoms with Crippen molar-refractivity contribution in [2.75, 3.05) is 6.61 Å². The predicted octanol–water partition coefficient (Wildman–Crippen LogP) is 6.41. The molecule has 0 aromatic rings. The second kappa shape index (κ2) is 21.6. The van der Waals surface area contributed by atoms with E-state index < -0.39 is 12.1 Å². The molecule has 0 saturated carbocycles. The molecule has 0 fully saturated rings. The number of hydrogen-bond donors (Lipinski definition) is 2. The second-order valence-corrected chi connectivity index (χ2v) is 8.28. The molecule has 0 rings (SSSR count). The maximum Gasteiger partial charge on any atom is 0.307 e. The van der Waals surface area contributed by atoms with Crippen LogP contribution in [0, 0.1) is 0 Å². The molecule has 0 bridgehead atoms. The molecule has 0 aliphatic rings. The van der Waals surface area contributed by atoms with E-state index in [0.717, 1.165) is 44.9 Å². The summed E-state index contributed by atoms with van der Waals surface area (Å²) in [7, 11) is 0. The van der Waals surface area contributed by atoms with Gasteiger partial charge in [0.25, 0.3) is 0 Å². The molecule has 172 valence electrons. The normalized spacial score (nSPS) is 12.1. The Bertz CT molecular complexity index is 383. The van der Waals surface area contributed by atoms with Crippen LogP contribution in [0.15, 0.2) is 0 Å². The molecule has 0 aliphatic heterocycles. The summed E-state index contributed by atoms with van der Waals surface area (Å²) in [6, 6.07) is 0. The van der Waals surface area contributed by atoms with Gasteiger partial charge in [-0.15, -0.1) is 0 Å². The van der Waals surface area contributed by atoms with Gasteiger partial charge in [-0.05, 0) is 25.7 Å². The molecular weight excluding hydrogens is 368 g/mol. The smallest absolute Gasteiger partial charge is 0.307 e. The van der Waals surface area contributed by atoms with Gasteiger partial charge in [-0.1, -0.05) is 90.4 Å². The Morgan fingerprint density at radius 3 is 1.72 bits per heavy atom. The first-order valence-electron chi connectivity index (χ1n) is 12.1. The van der Waals surface area contributed by atoms with Crippen molar-refractivity contribution in [2.45, 2.75) is 135 Å². The molecule has 5 nitrogen and oxygen atoms in total. The van der Waals surface area contributed by atoms with Gasteiger partial charge < -0.3 is 14.9 Å². The molecule has 0 heterocycles. The lowest BCUT2D eigenvalue weighted by Crippen LogP contribution is -2.21. The van der Waals surface area contributed by atoms with Crippen LogP contribution in [0.4, 0.5) is 0 Å². The maximum atomic E-state index is 12.0. The van der Waals surface area contributed by atoms with Crippen molar-refractivity contribution >= 4 is 11.9 Å². The van der Waals surface area contributed by atoms with Crippen molar-refractivity contribution in [3.63, 3.8) is 0 Å². The molecule has 2 N–H and O–H groups in total. The van der Waals surface area contributed by atoms with Gasteiger partial charge >= 0.3 is 11.9 Å². The largest absolute Gasteiger partial charge is 0.481 e. The Hall–Kier alpha value is -1.10. The van der Waals surface area contributed by atoms with Crippen molar-refractivity contribution in [1.82, 2.24) is 0 Å². The van der Waals surface area contributed by atoms with Crippen molar-refractivity contribution in [1.29, 1.82) is 0 Å². The van der Waals surface area contributed by atoms with Crippen LogP contribution in [-0.2, 0) is 14.3 Å². The SMILES string of the molecule is CCCCCCCCCC(CC(=O)O)OC(=O)CCCCCCCCCCCO. The van der Waals surface area contributed by atoms with Gasteiger partial charge in [-0.2, -0.15) is 0 Å². The number of esters is 1. The Balaban J connectivity index is 3.74. The van der Waals surface area contributed by atoms with E-state index in [-0.39, 0.29) is 12.4 Å². The van der Waals surface area contributed by atoms with E-state index in [0.29, 0.717) is 19.4 Å². The number of carboxylic acid groups (broad SMARTS) is 1. The fourth-order valence-electron chi connectivity index (χ4n) is 3.59. The van der Waals surface area contributed by atoms with Crippen molar-refractivity contribution in [3.8, 4) is 0 Å². The molecule has 0 radical (unpaired) electrons. The van der Waals surface area contributed by atoms with Crippen LogP contribution in [0.2, 0.25) is 0 Å². The van der Waals surface area contributed by atoms with Crippen molar-refractivity contribution in [3.05, 3.63) is 0 Å². The van der Waals surface area contributed by atoms with Gasteiger partial charge in [0.05, 0.1) is 6.42 Å². The number of unbranched alkanes of at least 4 members (excludes halogenated alkanes) is 14. The summed E-state index contributed by atoms with van der Waals surface area (Å²) in [6.45, 7) is 2.50. The number of aliphatic carboxylic acids is 1. The third-order valence-electron chi connectivity index (χ3n) is 5.37. The highest BCUT2D eigenvalue weighted by Gasteiger charge is 2.17. The van der Waals surface area contributed by atoms with Crippen molar-refractivity contribution in [2.24, 2.45) is 0 Å². The lowest BCUT2D eigenvalue weighted by Gasteiger charge is -2.16. The summed E-state index contributed by atoms with van der Waals surface area (Å²) in [6.07, 6.45) is 18.5. The molecule has 0 aliphatic carbocycles. The molecule has 1 unspecified atom stereocenters. The molecule has 0 aromatic carbocycles. The van der Waals surface area contributed by atoms with E-state index >= 15 is 0 Å². The molecule has 0 spiro atoms. The average Bonchev–Trinajstić information content (AvgIpc) is 2.68. The van der Waals surface area contributed by atoms with Gasteiger partial charge in [0.2, 0.25) is 0 Å². The van der Waals surface area contributed by atoms with Gasteiger partial charge in [-0.25, -0.2) is 0 Å². The summed E-state index contributed by atoms with van der Waals surface area (Å²) in [5, 5.41) is 17.8. The van der Waals surface area contributed by atoms with Crippen molar-refractivity contribution < 1.29 is 24.5 Å². The number of carbonyl (C=O) groups is 2. The molecule has 0 amide bonds. The van der Waals surface area contributed by atoms with Crippen LogP contribution in [-0.4, -0.2) is 34.9 Å². The second-order valence-electron chi connectivity index (χ2n) is 8.28. The number of ether oxygens (including phenoxy) is 1. The minimum Gasteiger partial charge on any atom is -0.481 e. The Morgan fingerprint density at radius 1 is 0.724 bits per heavy atom. The minimum absolute atomic E-state index is 0.0855. The van der Waals surface area contributed by atoms with E-state index in [9.17, 15) is 9.59 Å². The Morgan fingerprint density at radius 2 is 1.21 bits per heavy atom. The lowest BCUT2D eigenvalue weighted by molar-refractivity contribution is -0.153. The third-order valence-corrected chi connectivity index (χ3v) is 5.37. The lowest BCUT2D eigenvalue weighted by atomic mass is 10.0. The standard InChI is InChI=1S/C24H46O5/c1-2-3-4-5-9-12-15-18-22(21-23(26)27)29-24(28)19-16-13-10-7-6-8-11-14-17-20-25/h22,25H,2-21H2,1H3,(H,26,27). The quantitative estimate of drug-likeness (QED) is 0.158. The molecule has 1 atom stereocenters.